The second-order valence-electron chi connectivity index (χ2n) is 3.39. The summed E-state index contributed by atoms with van der Waals surface area (Å²) in [6.07, 6.45) is 0. The van der Waals surface area contributed by atoms with Crippen LogP contribution < -0.4 is 0 Å². The van der Waals surface area contributed by atoms with E-state index < -0.39 is 0 Å². The summed E-state index contributed by atoms with van der Waals surface area (Å²) in [4.78, 5) is 4.67. The molecule has 3 heteroatoms. The molecule has 0 saturated heterocycles. The zero-order chi connectivity index (χ0) is 11.3. The van der Waals surface area contributed by atoms with Crippen molar-refractivity contribution in [3.8, 4) is 6.07 Å². The normalized spacial score (nSPS) is 13.1. The van der Waals surface area contributed by atoms with Gasteiger partial charge in [-0.25, -0.2) is 0 Å². The Morgan fingerprint density at radius 3 is 2.47 bits per heavy atom. The van der Waals surface area contributed by atoms with Gasteiger partial charge < -0.3 is 4.84 Å². The lowest BCUT2D eigenvalue weighted by Gasteiger charge is -2.08. The molecular weight excluding hydrogens is 188 g/mol. The Morgan fingerprint density at radius 2 is 2.00 bits per heavy atom. The third kappa shape index (κ3) is 2.81. The van der Waals surface area contributed by atoms with Crippen molar-refractivity contribution in [2.75, 3.05) is 7.11 Å². The topological polar surface area (TPSA) is 45.4 Å². The molecule has 78 valence electrons. The summed E-state index contributed by atoms with van der Waals surface area (Å²) in [5.74, 6) is -0.328. The highest BCUT2D eigenvalue weighted by Crippen LogP contribution is 2.17. The van der Waals surface area contributed by atoms with Crippen LogP contribution in [0.3, 0.4) is 0 Å². The molecular formula is C12H14N2O. The maximum atomic E-state index is 9.06. The predicted octanol–water partition coefficient (Wildman–Crippen LogP) is 2.62. The first kappa shape index (κ1) is 11.3. The summed E-state index contributed by atoms with van der Waals surface area (Å²) >= 11 is 0. The van der Waals surface area contributed by atoms with E-state index in [0.717, 1.165) is 5.56 Å². The van der Waals surface area contributed by atoms with Crippen LogP contribution in [0.2, 0.25) is 0 Å². The van der Waals surface area contributed by atoms with Crippen LogP contribution in [0.1, 0.15) is 24.0 Å². The zero-order valence-electron chi connectivity index (χ0n) is 9.19. The maximum absolute atomic E-state index is 9.06. The molecule has 1 atom stereocenters. The van der Waals surface area contributed by atoms with Crippen molar-refractivity contribution >= 4 is 5.71 Å². The summed E-state index contributed by atoms with van der Waals surface area (Å²) in [5.41, 5.74) is 2.79. The van der Waals surface area contributed by atoms with Gasteiger partial charge >= 0.3 is 0 Å². The van der Waals surface area contributed by atoms with Crippen LogP contribution in [0.15, 0.2) is 29.4 Å². The minimum Gasteiger partial charge on any atom is -0.399 e. The van der Waals surface area contributed by atoms with Crippen molar-refractivity contribution in [1.29, 1.82) is 5.26 Å². The molecule has 1 rings (SSSR count). The van der Waals surface area contributed by atoms with Crippen molar-refractivity contribution in [3.05, 3.63) is 35.4 Å². The average molecular weight is 202 g/mol. The number of aryl methyl sites for hydroxylation is 1. The van der Waals surface area contributed by atoms with E-state index in [2.05, 4.69) is 16.1 Å². The molecule has 0 aliphatic heterocycles. The van der Waals surface area contributed by atoms with E-state index in [1.165, 1.54) is 12.7 Å². The summed E-state index contributed by atoms with van der Waals surface area (Å²) in [6.45, 7) is 3.80. The van der Waals surface area contributed by atoms with Crippen molar-refractivity contribution in [2.45, 2.75) is 19.8 Å². The second kappa shape index (κ2) is 5.16. The standard InChI is InChI=1S/C12H14N2O/c1-9-4-6-11(7-5-9)12(8-13)10(2)14-15-3/h4-7,12H,1-3H3/b14-10+. The molecule has 0 aliphatic rings. The fourth-order valence-electron chi connectivity index (χ4n) is 1.36. The van der Waals surface area contributed by atoms with E-state index in [4.69, 9.17) is 5.26 Å². The third-order valence-electron chi connectivity index (χ3n) is 2.19. The van der Waals surface area contributed by atoms with Gasteiger partial charge in [0.1, 0.15) is 13.0 Å². The SMILES string of the molecule is CO/N=C(\C)C(C#N)c1ccc(C)cc1. The van der Waals surface area contributed by atoms with Crippen molar-refractivity contribution in [1.82, 2.24) is 0 Å². The molecule has 15 heavy (non-hydrogen) atoms. The highest BCUT2D eigenvalue weighted by atomic mass is 16.6. The van der Waals surface area contributed by atoms with E-state index >= 15 is 0 Å². The number of hydrogen-bond donors (Lipinski definition) is 0. The first-order chi connectivity index (χ1) is 7.19. The molecule has 3 nitrogen and oxygen atoms in total. The Hall–Kier alpha value is -1.82. The van der Waals surface area contributed by atoms with Gasteiger partial charge in [-0.2, -0.15) is 5.26 Å². The Morgan fingerprint density at radius 1 is 1.40 bits per heavy atom. The third-order valence-corrected chi connectivity index (χ3v) is 2.19. The molecule has 1 aromatic rings. The van der Waals surface area contributed by atoms with E-state index in [-0.39, 0.29) is 5.92 Å². The summed E-state index contributed by atoms with van der Waals surface area (Å²) < 4.78 is 0. The molecule has 0 aliphatic carbocycles. The Kier molecular flexibility index (Phi) is 3.87. The van der Waals surface area contributed by atoms with Crippen molar-refractivity contribution in [2.24, 2.45) is 5.16 Å². The number of hydrogen-bond acceptors (Lipinski definition) is 3. The Labute approximate surface area is 90.0 Å². The molecule has 0 radical (unpaired) electrons. The molecule has 0 fully saturated rings. The summed E-state index contributed by atoms with van der Waals surface area (Å²) in [6, 6.07) is 10.1. The Balaban J connectivity index is 2.99. The Bertz CT molecular complexity index is 387. The van der Waals surface area contributed by atoms with E-state index in [0.29, 0.717) is 5.71 Å². The average Bonchev–Trinajstić information content (AvgIpc) is 2.22. The van der Waals surface area contributed by atoms with Crippen molar-refractivity contribution < 1.29 is 4.84 Å². The van der Waals surface area contributed by atoms with E-state index in [1.807, 2.05) is 31.2 Å². The smallest absolute Gasteiger partial charge is 0.112 e. The molecule has 0 spiro atoms. The van der Waals surface area contributed by atoms with Crippen molar-refractivity contribution in [3.63, 3.8) is 0 Å². The first-order valence-electron chi connectivity index (χ1n) is 4.73. The number of rotatable bonds is 3. The zero-order valence-corrected chi connectivity index (χ0v) is 9.19. The summed E-state index contributed by atoms with van der Waals surface area (Å²) in [7, 11) is 1.48. The van der Waals surface area contributed by atoms with Crippen LogP contribution in [0, 0.1) is 18.3 Å². The minimum atomic E-state index is -0.328. The highest BCUT2D eigenvalue weighted by molar-refractivity contribution is 5.90. The van der Waals surface area contributed by atoms with Gasteiger partial charge in [0.15, 0.2) is 0 Å². The van der Waals surface area contributed by atoms with E-state index in [9.17, 15) is 0 Å². The van der Waals surface area contributed by atoms with Gasteiger partial charge in [0.05, 0.1) is 11.8 Å². The van der Waals surface area contributed by atoms with Gasteiger partial charge in [0, 0.05) is 0 Å². The van der Waals surface area contributed by atoms with Crippen LogP contribution in [0.4, 0.5) is 0 Å². The van der Waals surface area contributed by atoms with Gasteiger partial charge in [-0.15, -0.1) is 0 Å². The van der Waals surface area contributed by atoms with Crippen LogP contribution in [0.5, 0.6) is 0 Å². The highest BCUT2D eigenvalue weighted by Gasteiger charge is 2.14. The summed E-state index contributed by atoms with van der Waals surface area (Å²) in [5, 5.41) is 12.8. The quantitative estimate of drug-likeness (QED) is 0.558. The van der Waals surface area contributed by atoms with Gasteiger partial charge in [-0.05, 0) is 19.4 Å². The largest absolute Gasteiger partial charge is 0.399 e. The molecule has 1 unspecified atom stereocenters. The number of nitriles is 1. The fourth-order valence-corrected chi connectivity index (χ4v) is 1.36. The number of oxime groups is 1. The van der Waals surface area contributed by atoms with Gasteiger partial charge in [-0.3, -0.25) is 0 Å². The lowest BCUT2D eigenvalue weighted by atomic mass is 9.96. The second-order valence-corrected chi connectivity index (χ2v) is 3.39. The first-order valence-corrected chi connectivity index (χ1v) is 4.73. The van der Waals surface area contributed by atoms with Crippen LogP contribution in [0.25, 0.3) is 0 Å². The van der Waals surface area contributed by atoms with Gasteiger partial charge in [0.2, 0.25) is 0 Å². The van der Waals surface area contributed by atoms with Crippen LogP contribution in [-0.2, 0) is 4.84 Å². The minimum absolute atomic E-state index is 0.328. The molecule has 0 amide bonds. The molecule has 0 heterocycles. The van der Waals surface area contributed by atoms with Gasteiger partial charge in [0.25, 0.3) is 0 Å². The fraction of sp³-hybridized carbons (Fsp3) is 0.333. The van der Waals surface area contributed by atoms with Crippen LogP contribution in [-0.4, -0.2) is 12.8 Å². The maximum Gasteiger partial charge on any atom is 0.112 e. The lowest BCUT2D eigenvalue weighted by molar-refractivity contribution is 0.212. The number of benzene rings is 1. The molecule has 0 N–H and O–H groups in total. The lowest BCUT2D eigenvalue weighted by Crippen LogP contribution is -2.07. The monoisotopic (exact) mass is 202 g/mol. The predicted molar refractivity (Wildman–Crippen MR) is 59.7 cm³/mol. The van der Waals surface area contributed by atoms with E-state index in [1.54, 1.807) is 6.92 Å². The van der Waals surface area contributed by atoms with Crippen LogP contribution >= 0.6 is 0 Å². The molecule has 0 saturated carbocycles. The molecule has 0 bridgehead atoms. The molecule has 1 aromatic carbocycles. The molecule has 0 aromatic heterocycles. The van der Waals surface area contributed by atoms with Gasteiger partial charge in [-0.1, -0.05) is 35.0 Å². The number of nitrogens with zero attached hydrogens (tertiary/aromatic N) is 2.